The summed E-state index contributed by atoms with van der Waals surface area (Å²) < 4.78 is 0. The van der Waals surface area contributed by atoms with Gasteiger partial charge in [-0.1, -0.05) is 5.16 Å². The lowest BCUT2D eigenvalue weighted by Gasteiger charge is -2.04. The van der Waals surface area contributed by atoms with Crippen LogP contribution in [0.5, 0.6) is 0 Å². The van der Waals surface area contributed by atoms with Crippen molar-refractivity contribution in [3.8, 4) is 0 Å². The molecule has 0 atom stereocenters. The zero-order valence-electron chi connectivity index (χ0n) is 8.25. The van der Waals surface area contributed by atoms with Crippen molar-refractivity contribution in [2.75, 3.05) is 11.9 Å². The van der Waals surface area contributed by atoms with Crippen molar-refractivity contribution in [2.45, 2.75) is 0 Å². The molecule has 0 aliphatic carbocycles. The number of amidine groups is 1. The van der Waals surface area contributed by atoms with Crippen molar-refractivity contribution in [1.82, 2.24) is 0 Å². The largest absolute Gasteiger partial charge is 0.480 e. The molecule has 0 aliphatic heterocycles. The first-order chi connectivity index (χ1) is 7.13. The van der Waals surface area contributed by atoms with Crippen molar-refractivity contribution in [3.63, 3.8) is 0 Å². The number of halogens is 1. The highest BCUT2D eigenvalue weighted by molar-refractivity contribution is 5.97. The highest BCUT2D eigenvalue weighted by atomic mass is 35.5. The first kappa shape index (κ1) is 14.1. The molecule has 0 aromatic heterocycles. The van der Waals surface area contributed by atoms with Crippen LogP contribution in [0.3, 0.4) is 0 Å². The Hall–Kier alpha value is -1.95. The number of carbonyl (C=O) groups is 1. The van der Waals surface area contributed by atoms with Crippen molar-refractivity contribution in [1.29, 1.82) is 0 Å². The van der Waals surface area contributed by atoms with Gasteiger partial charge in [-0.05, 0) is 24.3 Å². The molecule has 1 rings (SSSR count). The topological polar surface area (TPSA) is 108 Å². The number of anilines is 1. The van der Waals surface area contributed by atoms with Crippen LogP contribution in [0.4, 0.5) is 5.69 Å². The fourth-order valence-electron chi connectivity index (χ4n) is 0.994. The Balaban J connectivity index is 0.00000225. The lowest BCUT2D eigenvalue weighted by Crippen LogP contribution is -2.14. The maximum Gasteiger partial charge on any atom is 0.322 e. The van der Waals surface area contributed by atoms with Crippen LogP contribution in [-0.2, 0) is 4.79 Å². The summed E-state index contributed by atoms with van der Waals surface area (Å²) in [4.78, 5) is 10.3. The summed E-state index contributed by atoms with van der Waals surface area (Å²) in [5.74, 6) is -0.921. The summed E-state index contributed by atoms with van der Waals surface area (Å²) >= 11 is 0. The Morgan fingerprint density at radius 3 is 2.38 bits per heavy atom. The van der Waals surface area contributed by atoms with E-state index in [2.05, 4.69) is 10.5 Å². The number of hydrogen-bond acceptors (Lipinski definition) is 4. The number of benzene rings is 1. The second-order valence-electron chi connectivity index (χ2n) is 2.81. The third-order valence-electron chi connectivity index (χ3n) is 1.73. The minimum Gasteiger partial charge on any atom is -0.480 e. The molecule has 0 saturated carbocycles. The molecule has 0 heterocycles. The first-order valence-electron chi connectivity index (χ1n) is 4.17. The molecule has 88 valence electrons. The second kappa shape index (κ2) is 6.52. The van der Waals surface area contributed by atoms with E-state index in [1.165, 1.54) is 0 Å². The molecule has 1 aromatic rings. The van der Waals surface area contributed by atoms with Crippen molar-refractivity contribution in [2.24, 2.45) is 10.9 Å². The fourth-order valence-corrected chi connectivity index (χ4v) is 0.994. The Labute approximate surface area is 98.2 Å². The Bertz CT molecular complexity index is 378. The van der Waals surface area contributed by atoms with Crippen molar-refractivity contribution < 1.29 is 15.1 Å². The van der Waals surface area contributed by atoms with Crippen LogP contribution in [-0.4, -0.2) is 28.7 Å². The molecule has 5 N–H and O–H groups in total. The van der Waals surface area contributed by atoms with Gasteiger partial charge in [-0.25, -0.2) is 0 Å². The number of aliphatic carboxylic acids is 1. The molecule has 0 aliphatic rings. The van der Waals surface area contributed by atoms with E-state index >= 15 is 0 Å². The first-order valence-corrected chi connectivity index (χ1v) is 4.17. The van der Waals surface area contributed by atoms with E-state index in [1.54, 1.807) is 24.3 Å². The van der Waals surface area contributed by atoms with Crippen LogP contribution in [0.25, 0.3) is 0 Å². The summed E-state index contributed by atoms with van der Waals surface area (Å²) in [6.07, 6.45) is 0. The van der Waals surface area contributed by atoms with E-state index in [-0.39, 0.29) is 24.8 Å². The van der Waals surface area contributed by atoms with Crippen LogP contribution < -0.4 is 11.1 Å². The average Bonchev–Trinajstić information content (AvgIpc) is 2.26. The van der Waals surface area contributed by atoms with E-state index in [0.717, 1.165) is 0 Å². The van der Waals surface area contributed by atoms with Gasteiger partial charge in [0, 0.05) is 11.3 Å². The molecule has 0 fully saturated rings. The predicted molar refractivity (Wildman–Crippen MR) is 62.3 cm³/mol. The number of carboxylic acid groups (broad SMARTS) is 1. The van der Waals surface area contributed by atoms with E-state index in [9.17, 15) is 4.79 Å². The van der Waals surface area contributed by atoms with Gasteiger partial charge in [0.05, 0.1) is 0 Å². The molecule has 1 aromatic carbocycles. The number of oxime groups is 1. The van der Waals surface area contributed by atoms with Gasteiger partial charge in [0.15, 0.2) is 5.84 Å². The van der Waals surface area contributed by atoms with E-state index in [0.29, 0.717) is 11.3 Å². The summed E-state index contributed by atoms with van der Waals surface area (Å²) in [6, 6.07) is 6.55. The smallest absolute Gasteiger partial charge is 0.322 e. The summed E-state index contributed by atoms with van der Waals surface area (Å²) in [6.45, 7) is -0.150. The number of rotatable bonds is 4. The van der Waals surface area contributed by atoms with Gasteiger partial charge >= 0.3 is 5.97 Å². The highest BCUT2D eigenvalue weighted by Gasteiger charge is 2.00. The van der Waals surface area contributed by atoms with Gasteiger partial charge in [-0.15, -0.1) is 12.4 Å². The number of nitrogens with two attached hydrogens (primary N) is 1. The second-order valence-corrected chi connectivity index (χ2v) is 2.81. The fraction of sp³-hybridized carbons (Fsp3) is 0.111. The summed E-state index contributed by atoms with van der Waals surface area (Å²) in [7, 11) is 0. The zero-order valence-corrected chi connectivity index (χ0v) is 9.07. The number of carboxylic acids is 1. The molecule has 0 bridgehead atoms. The van der Waals surface area contributed by atoms with Gasteiger partial charge in [0.1, 0.15) is 6.54 Å². The van der Waals surface area contributed by atoms with Gasteiger partial charge in [-0.2, -0.15) is 0 Å². The molecule has 7 heteroatoms. The molecular weight excluding hydrogens is 234 g/mol. The maximum atomic E-state index is 10.3. The van der Waals surface area contributed by atoms with Crippen LogP contribution in [0.1, 0.15) is 5.56 Å². The summed E-state index contributed by atoms with van der Waals surface area (Å²) in [5, 5.41) is 22.4. The summed E-state index contributed by atoms with van der Waals surface area (Å²) in [5.41, 5.74) is 6.58. The minimum atomic E-state index is -0.935. The maximum absolute atomic E-state index is 10.3. The molecule has 0 unspecified atom stereocenters. The quantitative estimate of drug-likeness (QED) is 0.270. The normalized spacial score (nSPS) is 10.4. The van der Waals surface area contributed by atoms with E-state index in [4.69, 9.17) is 16.0 Å². The number of nitrogens with one attached hydrogen (secondary N) is 1. The molecule has 0 spiro atoms. The van der Waals surface area contributed by atoms with Gasteiger partial charge < -0.3 is 21.4 Å². The standard InChI is InChI=1S/C9H11N3O3.ClH/c10-9(12-15)6-1-3-7(4-2-6)11-5-8(13)14;/h1-4,11,15H,5H2,(H2,10,12)(H,13,14);1H. The predicted octanol–water partition coefficient (Wildman–Crippen LogP) is 0.699. The SMILES string of the molecule is Cl.N/C(=N\O)c1ccc(NCC(=O)O)cc1. The van der Waals surface area contributed by atoms with E-state index in [1.807, 2.05) is 0 Å². The van der Waals surface area contributed by atoms with Crippen LogP contribution in [0.15, 0.2) is 29.4 Å². The number of hydrogen-bond donors (Lipinski definition) is 4. The van der Waals surface area contributed by atoms with Crippen LogP contribution >= 0.6 is 12.4 Å². The molecule has 16 heavy (non-hydrogen) atoms. The minimum absolute atomic E-state index is 0. The van der Waals surface area contributed by atoms with E-state index < -0.39 is 5.97 Å². The average molecular weight is 246 g/mol. The molecule has 0 amide bonds. The highest BCUT2D eigenvalue weighted by Crippen LogP contribution is 2.08. The van der Waals surface area contributed by atoms with Crippen molar-refractivity contribution >= 4 is 29.9 Å². The molecular formula is C9H12ClN3O3. The third kappa shape index (κ3) is 4.05. The lowest BCUT2D eigenvalue weighted by atomic mass is 10.2. The molecule has 0 radical (unpaired) electrons. The third-order valence-corrected chi connectivity index (χ3v) is 1.73. The molecule has 0 saturated heterocycles. The zero-order chi connectivity index (χ0) is 11.3. The monoisotopic (exact) mass is 245 g/mol. The Morgan fingerprint density at radius 1 is 1.38 bits per heavy atom. The lowest BCUT2D eigenvalue weighted by molar-refractivity contribution is -0.134. The van der Waals surface area contributed by atoms with Gasteiger partial charge in [0.25, 0.3) is 0 Å². The number of nitrogens with zero attached hydrogens (tertiary/aromatic N) is 1. The van der Waals surface area contributed by atoms with Crippen LogP contribution in [0, 0.1) is 0 Å². The Kier molecular flexibility index (Phi) is 5.72. The van der Waals surface area contributed by atoms with Gasteiger partial charge in [-0.3, -0.25) is 4.79 Å². The Morgan fingerprint density at radius 2 is 1.94 bits per heavy atom. The van der Waals surface area contributed by atoms with Crippen LogP contribution in [0.2, 0.25) is 0 Å². The van der Waals surface area contributed by atoms with Crippen molar-refractivity contribution in [3.05, 3.63) is 29.8 Å². The molecule has 6 nitrogen and oxygen atoms in total. The van der Waals surface area contributed by atoms with Gasteiger partial charge in [0.2, 0.25) is 0 Å².